The molecule has 1 fully saturated rings. The van der Waals surface area contributed by atoms with Crippen LogP contribution in [0.15, 0.2) is 0 Å². The third-order valence-electron chi connectivity index (χ3n) is 2.78. The van der Waals surface area contributed by atoms with Crippen molar-refractivity contribution in [2.24, 2.45) is 5.92 Å². The number of alkyl halides is 1. The van der Waals surface area contributed by atoms with Gasteiger partial charge >= 0.3 is 0 Å². The van der Waals surface area contributed by atoms with Crippen molar-refractivity contribution in [3.05, 3.63) is 0 Å². The molecule has 0 saturated carbocycles. The highest BCUT2D eigenvalue weighted by Gasteiger charge is 2.27. The van der Waals surface area contributed by atoms with Gasteiger partial charge in [-0.25, -0.2) is 12.7 Å². The number of hydrogen-bond acceptors (Lipinski definition) is 3. The highest BCUT2D eigenvalue weighted by atomic mass is 35.5. The first-order valence-corrected chi connectivity index (χ1v) is 7.86. The van der Waals surface area contributed by atoms with E-state index < -0.39 is 10.0 Å². The van der Waals surface area contributed by atoms with Crippen molar-refractivity contribution in [1.29, 1.82) is 0 Å². The first-order valence-electron chi connectivity index (χ1n) is 5.71. The van der Waals surface area contributed by atoms with Crippen LogP contribution in [0.5, 0.6) is 0 Å². The maximum Gasteiger partial charge on any atom is 0.216 e. The van der Waals surface area contributed by atoms with Crippen molar-refractivity contribution in [1.82, 2.24) is 4.31 Å². The number of piperidine rings is 1. The Hall–Kier alpha value is 0.160. The van der Waals surface area contributed by atoms with Crippen LogP contribution in [0.4, 0.5) is 0 Å². The van der Waals surface area contributed by atoms with Gasteiger partial charge in [-0.2, -0.15) is 0 Å². The molecule has 1 heterocycles. The second-order valence-corrected chi connectivity index (χ2v) is 6.43. The lowest BCUT2D eigenvalue weighted by molar-refractivity contribution is 0.161. The minimum absolute atomic E-state index is 0.0792. The minimum Gasteiger partial charge on any atom is -0.381 e. The van der Waals surface area contributed by atoms with Crippen LogP contribution in [0.25, 0.3) is 0 Å². The Bertz CT molecular complexity index is 294. The smallest absolute Gasteiger partial charge is 0.216 e. The van der Waals surface area contributed by atoms with Gasteiger partial charge in [-0.05, 0) is 25.7 Å². The van der Waals surface area contributed by atoms with Crippen LogP contribution in [-0.2, 0) is 14.8 Å². The second kappa shape index (κ2) is 6.79. The fourth-order valence-electron chi connectivity index (χ4n) is 1.84. The average molecular weight is 270 g/mol. The van der Waals surface area contributed by atoms with E-state index in [-0.39, 0.29) is 12.4 Å². The van der Waals surface area contributed by atoms with Crippen LogP contribution >= 0.6 is 11.6 Å². The molecular weight excluding hydrogens is 250 g/mol. The second-order valence-electron chi connectivity index (χ2n) is 4.03. The Morgan fingerprint density at radius 2 is 2.25 bits per heavy atom. The normalized spacial score (nSPS) is 23.5. The molecule has 0 bridgehead atoms. The predicted molar refractivity (Wildman–Crippen MR) is 65.3 cm³/mol. The zero-order valence-electron chi connectivity index (χ0n) is 9.69. The van der Waals surface area contributed by atoms with Crippen molar-refractivity contribution in [2.75, 3.05) is 37.9 Å². The lowest BCUT2D eigenvalue weighted by atomic mass is 10.0. The van der Waals surface area contributed by atoms with E-state index in [9.17, 15) is 8.42 Å². The predicted octanol–water partition coefficient (Wildman–Crippen LogP) is 1.30. The van der Waals surface area contributed by atoms with E-state index in [2.05, 4.69) is 0 Å². The molecule has 0 spiro atoms. The van der Waals surface area contributed by atoms with Crippen LogP contribution in [0.1, 0.15) is 19.8 Å². The molecule has 16 heavy (non-hydrogen) atoms. The standard InChI is InChI=1S/C10H20ClNO3S/c1-2-15-6-7-16(13,14)12-5-3-4-10(8-11)9-12/h10H,2-9H2,1H3. The molecule has 1 atom stereocenters. The van der Waals surface area contributed by atoms with Crippen LogP contribution in [0.3, 0.4) is 0 Å². The van der Waals surface area contributed by atoms with Gasteiger partial charge in [0, 0.05) is 25.6 Å². The van der Waals surface area contributed by atoms with Gasteiger partial charge in [0.1, 0.15) is 0 Å². The van der Waals surface area contributed by atoms with Gasteiger partial charge < -0.3 is 4.74 Å². The van der Waals surface area contributed by atoms with Crippen molar-refractivity contribution in [3.8, 4) is 0 Å². The molecule has 1 aliphatic rings. The molecule has 0 amide bonds. The third-order valence-corrected chi connectivity index (χ3v) is 5.02. The quantitative estimate of drug-likeness (QED) is 0.539. The SMILES string of the molecule is CCOCCS(=O)(=O)N1CCCC(CCl)C1. The summed E-state index contributed by atoms with van der Waals surface area (Å²) >= 11 is 5.78. The highest BCUT2D eigenvalue weighted by Crippen LogP contribution is 2.20. The Kier molecular flexibility index (Phi) is 6.03. The molecule has 0 aliphatic carbocycles. The maximum absolute atomic E-state index is 11.9. The first kappa shape index (κ1) is 14.2. The Morgan fingerprint density at radius 3 is 2.88 bits per heavy atom. The van der Waals surface area contributed by atoms with E-state index in [1.807, 2.05) is 6.92 Å². The van der Waals surface area contributed by atoms with Gasteiger partial charge in [0.2, 0.25) is 10.0 Å². The van der Waals surface area contributed by atoms with Gasteiger partial charge in [0.25, 0.3) is 0 Å². The van der Waals surface area contributed by atoms with E-state index in [0.29, 0.717) is 31.5 Å². The molecule has 1 unspecified atom stereocenters. The maximum atomic E-state index is 11.9. The molecule has 6 heteroatoms. The van der Waals surface area contributed by atoms with Crippen LogP contribution in [-0.4, -0.2) is 50.7 Å². The lowest BCUT2D eigenvalue weighted by Gasteiger charge is -2.30. The van der Waals surface area contributed by atoms with Crippen molar-refractivity contribution < 1.29 is 13.2 Å². The number of hydrogen-bond donors (Lipinski definition) is 0. The van der Waals surface area contributed by atoms with Gasteiger partial charge in [-0.3, -0.25) is 0 Å². The van der Waals surface area contributed by atoms with E-state index in [1.54, 1.807) is 4.31 Å². The topological polar surface area (TPSA) is 46.6 Å². The summed E-state index contributed by atoms with van der Waals surface area (Å²) in [5, 5.41) is 0. The van der Waals surface area contributed by atoms with Gasteiger partial charge in [-0.1, -0.05) is 0 Å². The lowest BCUT2D eigenvalue weighted by Crippen LogP contribution is -2.42. The fourth-order valence-corrected chi connectivity index (χ4v) is 3.53. The molecule has 0 N–H and O–H groups in total. The number of sulfonamides is 1. The largest absolute Gasteiger partial charge is 0.381 e. The van der Waals surface area contributed by atoms with E-state index in [4.69, 9.17) is 16.3 Å². The van der Waals surface area contributed by atoms with Crippen LogP contribution < -0.4 is 0 Å². The molecule has 1 saturated heterocycles. The molecule has 4 nitrogen and oxygen atoms in total. The summed E-state index contributed by atoms with van der Waals surface area (Å²) in [7, 11) is -3.15. The first-order chi connectivity index (χ1) is 7.60. The molecule has 96 valence electrons. The monoisotopic (exact) mass is 269 g/mol. The number of halogens is 1. The minimum atomic E-state index is -3.15. The molecule has 0 aromatic rings. The van der Waals surface area contributed by atoms with E-state index in [0.717, 1.165) is 12.8 Å². The third kappa shape index (κ3) is 4.20. The van der Waals surface area contributed by atoms with Crippen molar-refractivity contribution in [3.63, 3.8) is 0 Å². The zero-order chi connectivity index (χ0) is 12.0. The van der Waals surface area contributed by atoms with E-state index in [1.165, 1.54) is 0 Å². The molecule has 0 radical (unpaired) electrons. The van der Waals surface area contributed by atoms with Gasteiger partial charge in [0.05, 0.1) is 12.4 Å². The summed E-state index contributed by atoms with van der Waals surface area (Å²) in [6.45, 7) is 3.89. The van der Waals surface area contributed by atoms with Gasteiger partial charge in [0.15, 0.2) is 0 Å². The summed E-state index contributed by atoms with van der Waals surface area (Å²) in [5.74, 6) is 0.921. The summed E-state index contributed by atoms with van der Waals surface area (Å²) in [4.78, 5) is 0. The molecule has 1 aliphatic heterocycles. The van der Waals surface area contributed by atoms with E-state index >= 15 is 0 Å². The van der Waals surface area contributed by atoms with Crippen LogP contribution in [0, 0.1) is 5.92 Å². The Labute approximate surface area is 103 Å². The summed E-state index contributed by atoms with van der Waals surface area (Å²) in [6, 6.07) is 0. The molecular formula is C10H20ClNO3S. The zero-order valence-corrected chi connectivity index (χ0v) is 11.3. The Morgan fingerprint density at radius 1 is 1.50 bits per heavy atom. The number of nitrogens with zero attached hydrogens (tertiary/aromatic N) is 1. The average Bonchev–Trinajstić information content (AvgIpc) is 2.29. The molecule has 1 rings (SSSR count). The molecule has 0 aromatic carbocycles. The van der Waals surface area contributed by atoms with Gasteiger partial charge in [-0.15, -0.1) is 11.6 Å². The fraction of sp³-hybridized carbons (Fsp3) is 1.00. The number of rotatable bonds is 6. The summed E-state index contributed by atoms with van der Waals surface area (Å²) in [6.07, 6.45) is 1.94. The Balaban J connectivity index is 2.47. The summed E-state index contributed by atoms with van der Waals surface area (Å²) in [5.41, 5.74) is 0. The van der Waals surface area contributed by atoms with Crippen LogP contribution in [0.2, 0.25) is 0 Å². The number of ether oxygens (including phenoxy) is 1. The van der Waals surface area contributed by atoms with Crippen molar-refractivity contribution >= 4 is 21.6 Å². The molecule has 0 aromatic heterocycles. The summed E-state index contributed by atoms with van der Waals surface area (Å²) < 4.78 is 30.5. The highest BCUT2D eigenvalue weighted by molar-refractivity contribution is 7.89. The van der Waals surface area contributed by atoms with Crippen molar-refractivity contribution in [2.45, 2.75) is 19.8 Å².